The van der Waals surface area contributed by atoms with Crippen LogP contribution in [0.5, 0.6) is 5.75 Å². The highest BCUT2D eigenvalue weighted by atomic mass is 32.1. The molecule has 2 aromatic heterocycles. The fourth-order valence-electron chi connectivity index (χ4n) is 3.45. The van der Waals surface area contributed by atoms with Crippen molar-refractivity contribution in [1.82, 2.24) is 15.3 Å². The van der Waals surface area contributed by atoms with Crippen molar-refractivity contribution in [3.05, 3.63) is 75.9 Å². The molecule has 1 amide bonds. The number of nitrogens with zero attached hydrogens (tertiary/aromatic N) is 3. The Balaban J connectivity index is 1.28. The van der Waals surface area contributed by atoms with Gasteiger partial charge in [-0.1, -0.05) is 12.1 Å². The van der Waals surface area contributed by atoms with E-state index in [1.54, 1.807) is 23.5 Å². The summed E-state index contributed by atoms with van der Waals surface area (Å²) in [6, 6.07) is 11.7. The molecule has 1 N–H and O–H groups in total. The monoisotopic (exact) mass is 434 g/mol. The normalized spacial score (nSPS) is 13.6. The molecule has 0 saturated carbocycles. The van der Waals surface area contributed by atoms with E-state index < -0.39 is 0 Å². The minimum atomic E-state index is -0.135. The second kappa shape index (κ2) is 10.2. The topological polar surface area (TPSA) is 67.3 Å². The summed E-state index contributed by atoms with van der Waals surface area (Å²) in [5.74, 6) is 1.60. The maximum Gasteiger partial charge on any atom is 0.244 e. The number of amides is 1. The van der Waals surface area contributed by atoms with E-state index in [1.807, 2.05) is 48.8 Å². The van der Waals surface area contributed by atoms with E-state index in [-0.39, 0.29) is 5.91 Å². The van der Waals surface area contributed by atoms with Crippen molar-refractivity contribution in [3.8, 4) is 5.75 Å². The maximum atomic E-state index is 12.3. The van der Waals surface area contributed by atoms with Crippen molar-refractivity contribution in [1.29, 1.82) is 0 Å². The average molecular weight is 435 g/mol. The molecule has 0 spiro atoms. The number of pyridine rings is 1. The number of anilines is 1. The number of rotatable bonds is 8. The molecule has 7 heteroatoms. The zero-order valence-corrected chi connectivity index (χ0v) is 18.4. The predicted octanol–water partition coefficient (Wildman–Crippen LogP) is 4.36. The molecule has 31 heavy (non-hydrogen) atoms. The van der Waals surface area contributed by atoms with Crippen LogP contribution in [0.3, 0.4) is 0 Å². The molecule has 0 bridgehead atoms. The molecule has 3 heterocycles. The quantitative estimate of drug-likeness (QED) is 0.534. The smallest absolute Gasteiger partial charge is 0.244 e. The van der Waals surface area contributed by atoms with Gasteiger partial charge in [0.25, 0.3) is 0 Å². The largest absolute Gasteiger partial charge is 0.487 e. The molecular formula is C24H26N4O2S. The van der Waals surface area contributed by atoms with E-state index >= 15 is 0 Å². The van der Waals surface area contributed by atoms with Crippen molar-refractivity contribution in [2.75, 3.05) is 18.0 Å². The number of hydrogen-bond donors (Lipinski definition) is 1. The predicted molar refractivity (Wildman–Crippen MR) is 124 cm³/mol. The second-order valence-electron chi connectivity index (χ2n) is 7.49. The molecule has 1 saturated heterocycles. The van der Waals surface area contributed by atoms with Crippen molar-refractivity contribution >= 4 is 29.1 Å². The molecule has 6 nitrogen and oxygen atoms in total. The number of ether oxygens (including phenoxy) is 1. The second-order valence-corrected chi connectivity index (χ2v) is 8.55. The third-order valence-electron chi connectivity index (χ3n) is 5.05. The van der Waals surface area contributed by atoms with E-state index in [2.05, 4.69) is 26.3 Å². The van der Waals surface area contributed by atoms with E-state index in [4.69, 9.17) is 4.74 Å². The van der Waals surface area contributed by atoms with Gasteiger partial charge >= 0.3 is 0 Å². The molecule has 1 fully saturated rings. The van der Waals surface area contributed by atoms with Crippen LogP contribution >= 0.6 is 11.3 Å². The van der Waals surface area contributed by atoms with Gasteiger partial charge in [-0.2, -0.15) is 0 Å². The molecule has 0 atom stereocenters. The molecule has 0 unspecified atom stereocenters. The number of carbonyl (C=O) groups excluding carboxylic acids is 1. The van der Waals surface area contributed by atoms with Gasteiger partial charge in [-0.15, -0.1) is 11.3 Å². The van der Waals surface area contributed by atoms with Crippen LogP contribution in [0.4, 0.5) is 5.82 Å². The summed E-state index contributed by atoms with van der Waals surface area (Å²) in [7, 11) is 0. The first-order chi connectivity index (χ1) is 15.2. The Labute approximate surface area is 186 Å². The van der Waals surface area contributed by atoms with Crippen LogP contribution in [-0.4, -0.2) is 29.0 Å². The molecule has 160 valence electrons. The Morgan fingerprint density at radius 1 is 1.26 bits per heavy atom. The first kappa shape index (κ1) is 21.1. The summed E-state index contributed by atoms with van der Waals surface area (Å²) >= 11 is 1.61. The zero-order valence-electron chi connectivity index (χ0n) is 17.6. The summed E-state index contributed by atoms with van der Waals surface area (Å²) in [4.78, 5) is 23.4. The van der Waals surface area contributed by atoms with E-state index in [1.165, 1.54) is 12.8 Å². The maximum absolute atomic E-state index is 12.3. The van der Waals surface area contributed by atoms with Crippen LogP contribution in [-0.2, 0) is 17.9 Å². The first-order valence-electron chi connectivity index (χ1n) is 10.5. The zero-order chi connectivity index (χ0) is 21.5. The van der Waals surface area contributed by atoms with Crippen molar-refractivity contribution in [2.45, 2.75) is 32.9 Å². The van der Waals surface area contributed by atoms with Crippen molar-refractivity contribution in [2.24, 2.45) is 0 Å². The Kier molecular flexibility index (Phi) is 6.94. The highest BCUT2D eigenvalue weighted by Gasteiger charge is 2.13. The SMILES string of the molecule is Cc1nc(COc2cccc(/C=C/C(=O)NCc3ccnc(N4CCCC4)c3)c2)cs1. The minimum Gasteiger partial charge on any atom is -0.487 e. The fraction of sp³-hybridized carbons (Fsp3) is 0.292. The lowest BCUT2D eigenvalue weighted by Gasteiger charge is -2.16. The van der Waals surface area contributed by atoms with Gasteiger partial charge < -0.3 is 15.0 Å². The Bertz CT molecular complexity index is 1060. The lowest BCUT2D eigenvalue weighted by Crippen LogP contribution is -2.22. The van der Waals surface area contributed by atoms with Crippen LogP contribution in [0.15, 0.2) is 54.1 Å². The fourth-order valence-corrected chi connectivity index (χ4v) is 4.05. The van der Waals surface area contributed by atoms with Gasteiger partial charge in [-0.3, -0.25) is 4.79 Å². The van der Waals surface area contributed by atoms with Gasteiger partial charge in [-0.05, 0) is 61.2 Å². The van der Waals surface area contributed by atoms with Gasteiger partial charge in [0, 0.05) is 37.3 Å². The number of thiazole rings is 1. The van der Waals surface area contributed by atoms with E-state index in [0.29, 0.717) is 13.2 Å². The third-order valence-corrected chi connectivity index (χ3v) is 5.87. The molecule has 1 aliphatic rings. The molecule has 1 aromatic carbocycles. The standard InChI is InChI=1S/C24H26N4O2S/c1-18-27-21(17-31-18)16-30-22-6-4-5-19(13-22)7-8-24(29)26-15-20-9-10-25-23(14-20)28-11-2-3-12-28/h4-10,13-14,17H,2-3,11-12,15-16H2,1H3,(H,26,29)/b8-7+. The molecule has 4 rings (SSSR count). The summed E-state index contributed by atoms with van der Waals surface area (Å²) in [6.45, 7) is 4.99. The van der Waals surface area contributed by atoms with Gasteiger partial charge in [0.05, 0.1) is 10.7 Å². The summed E-state index contributed by atoms with van der Waals surface area (Å²) in [6.07, 6.45) is 7.57. The van der Waals surface area contributed by atoms with Gasteiger partial charge in [0.1, 0.15) is 18.2 Å². The van der Waals surface area contributed by atoms with E-state index in [9.17, 15) is 4.79 Å². The van der Waals surface area contributed by atoms with Crippen LogP contribution in [0, 0.1) is 6.92 Å². The highest BCUT2D eigenvalue weighted by Crippen LogP contribution is 2.19. The third kappa shape index (κ3) is 6.15. The summed E-state index contributed by atoms with van der Waals surface area (Å²) in [5, 5.41) is 5.97. The molecular weight excluding hydrogens is 408 g/mol. The van der Waals surface area contributed by atoms with Gasteiger partial charge in [0.15, 0.2) is 0 Å². The van der Waals surface area contributed by atoms with E-state index in [0.717, 1.165) is 46.5 Å². The van der Waals surface area contributed by atoms with Crippen LogP contribution in [0.25, 0.3) is 6.08 Å². The lowest BCUT2D eigenvalue weighted by atomic mass is 10.2. The summed E-state index contributed by atoms with van der Waals surface area (Å²) < 4.78 is 5.81. The number of nitrogens with one attached hydrogen (secondary N) is 1. The average Bonchev–Trinajstić information content (AvgIpc) is 3.47. The lowest BCUT2D eigenvalue weighted by molar-refractivity contribution is -0.116. The van der Waals surface area contributed by atoms with Crippen molar-refractivity contribution < 1.29 is 9.53 Å². The Hall–Kier alpha value is -3.19. The molecule has 0 radical (unpaired) electrons. The molecule has 3 aromatic rings. The van der Waals surface area contributed by atoms with Crippen LogP contribution in [0.2, 0.25) is 0 Å². The molecule has 1 aliphatic heterocycles. The first-order valence-corrected chi connectivity index (χ1v) is 11.3. The number of aromatic nitrogens is 2. The number of aryl methyl sites for hydroxylation is 1. The molecule has 0 aliphatic carbocycles. The Morgan fingerprint density at radius 3 is 2.94 bits per heavy atom. The van der Waals surface area contributed by atoms with Crippen LogP contribution < -0.4 is 15.0 Å². The minimum absolute atomic E-state index is 0.135. The summed E-state index contributed by atoms with van der Waals surface area (Å²) in [5.41, 5.74) is 2.88. The highest BCUT2D eigenvalue weighted by molar-refractivity contribution is 7.09. The number of carbonyl (C=O) groups is 1. The van der Waals surface area contributed by atoms with Crippen LogP contribution in [0.1, 0.15) is 34.7 Å². The number of hydrogen-bond acceptors (Lipinski definition) is 6. The van der Waals surface area contributed by atoms with Gasteiger partial charge in [0.2, 0.25) is 5.91 Å². The van der Waals surface area contributed by atoms with Crippen molar-refractivity contribution in [3.63, 3.8) is 0 Å². The Morgan fingerprint density at radius 2 is 2.13 bits per heavy atom. The van der Waals surface area contributed by atoms with Gasteiger partial charge in [-0.25, -0.2) is 9.97 Å². The number of benzene rings is 1.